The van der Waals surface area contributed by atoms with Crippen LogP contribution in [0.15, 0.2) is 36.5 Å². The summed E-state index contributed by atoms with van der Waals surface area (Å²) in [4.78, 5) is 28.1. The molecule has 3 aromatic rings. The Bertz CT molecular complexity index is 974. The Morgan fingerprint density at radius 2 is 1.92 bits per heavy atom. The van der Waals surface area contributed by atoms with Gasteiger partial charge in [0.05, 0.1) is 22.8 Å². The zero-order valence-electron chi connectivity index (χ0n) is 14.9. The molecule has 134 valence electrons. The number of hydrogen-bond acceptors (Lipinski definition) is 5. The molecule has 1 amide bonds. The average Bonchev–Trinajstić information content (AvgIpc) is 3.03. The molecule has 7 heteroatoms. The van der Waals surface area contributed by atoms with Crippen molar-refractivity contribution in [2.24, 2.45) is 5.73 Å². The number of aromatic nitrogens is 3. The third-order valence-corrected chi connectivity index (χ3v) is 3.97. The molecule has 0 aliphatic rings. The Balaban J connectivity index is 2.16. The Hall–Kier alpha value is -3.22. The van der Waals surface area contributed by atoms with Crippen LogP contribution >= 0.6 is 0 Å². The van der Waals surface area contributed by atoms with Gasteiger partial charge in [-0.2, -0.15) is 5.10 Å². The van der Waals surface area contributed by atoms with Crippen molar-refractivity contribution in [3.63, 3.8) is 0 Å². The minimum Gasteiger partial charge on any atom is -0.452 e. The fourth-order valence-corrected chi connectivity index (χ4v) is 2.65. The number of nitrogens with two attached hydrogens (primary N) is 1. The third kappa shape index (κ3) is 3.42. The fraction of sp³-hybridized carbons (Fsp3) is 0.263. The molecule has 0 aliphatic heterocycles. The zero-order valence-corrected chi connectivity index (χ0v) is 14.9. The van der Waals surface area contributed by atoms with Crippen LogP contribution in [0.4, 0.5) is 0 Å². The largest absolute Gasteiger partial charge is 0.452 e. The molecule has 0 radical (unpaired) electrons. The second-order valence-electron chi connectivity index (χ2n) is 6.38. The van der Waals surface area contributed by atoms with Crippen LogP contribution in [0.2, 0.25) is 0 Å². The van der Waals surface area contributed by atoms with Gasteiger partial charge in [0.25, 0.3) is 5.91 Å². The van der Waals surface area contributed by atoms with E-state index in [-0.39, 0.29) is 6.04 Å². The summed E-state index contributed by atoms with van der Waals surface area (Å²) in [5, 5.41) is 4.91. The normalized spacial score (nSPS) is 11.1. The average molecular weight is 352 g/mol. The minimum absolute atomic E-state index is 0.0720. The highest BCUT2D eigenvalue weighted by atomic mass is 16.5. The fourth-order valence-electron chi connectivity index (χ4n) is 2.65. The first kappa shape index (κ1) is 17.6. The molecule has 2 heterocycles. The van der Waals surface area contributed by atoms with Crippen LogP contribution < -0.4 is 5.73 Å². The highest BCUT2D eigenvalue weighted by Gasteiger charge is 2.20. The molecule has 2 aromatic heterocycles. The zero-order chi connectivity index (χ0) is 18.8. The Kier molecular flexibility index (Phi) is 4.71. The predicted octanol–water partition coefficient (Wildman–Crippen LogP) is 2.63. The van der Waals surface area contributed by atoms with Gasteiger partial charge in [-0.15, -0.1) is 0 Å². The number of benzene rings is 1. The van der Waals surface area contributed by atoms with Crippen LogP contribution in [0.3, 0.4) is 0 Å². The van der Waals surface area contributed by atoms with E-state index in [0.29, 0.717) is 22.3 Å². The summed E-state index contributed by atoms with van der Waals surface area (Å²) < 4.78 is 6.75. The van der Waals surface area contributed by atoms with Gasteiger partial charge >= 0.3 is 5.97 Å². The van der Waals surface area contributed by atoms with E-state index in [9.17, 15) is 9.59 Å². The summed E-state index contributed by atoms with van der Waals surface area (Å²) in [7, 11) is 0. The van der Waals surface area contributed by atoms with Crippen molar-refractivity contribution in [1.29, 1.82) is 0 Å². The number of hydrogen-bond donors (Lipinski definition) is 1. The van der Waals surface area contributed by atoms with E-state index >= 15 is 0 Å². The number of ether oxygens (including phenoxy) is 1. The molecule has 0 unspecified atom stereocenters. The van der Waals surface area contributed by atoms with Gasteiger partial charge in [-0.25, -0.2) is 14.5 Å². The maximum absolute atomic E-state index is 12.5. The molecule has 0 spiro atoms. The van der Waals surface area contributed by atoms with Gasteiger partial charge in [0.1, 0.15) is 0 Å². The van der Waals surface area contributed by atoms with E-state index in [1.165, 1.54) is 0 Å². The highest BCUT2D eigenvalue weighted by molar-refractivity contribution is 6.04. The molecule has 0 bridgehead atoms. The number of amides is 1. The lowest BCUT2D eigenvalue weighted by atomic mass is 10.1. The van der Waals surface area contributed by atoms with E-state index in [1.807, 2.05) is 45.0 Å². The van der Waals surface area contributed by atoms with Gasteiger partial charge in [0.15, 0.2) is 12.3 Å². The molecular weight excluding hydrogens is 332 g/mol. The summed E-state index contributed by atoms with van der Waals surface area (Å²) >= 11 is 0. The minimum atomic E-state index is -0.708. The van der Waals surface area contributed by atoms with E-state index in [1.54, 1.807) is 16.9 Å². The van der Waals surface area contributed by atoms with Gasteiger partial charge in [-0.05, 0) is 26.8 Å². The highest BCUT2D eigenvalue weighted by Crippen LogP contribution is 2.27. The molecule has 0 aliphatic carbocycles. The predicted molar refractivity (Wildman–Crippen MR) is 97.6 cm³/mol. The SMILES string of the molecule is Cc1ccc(-c2cc(C(=O)OCC(N)=O)c3cnn(C(C)C)c3n2)cc1. The smallest absolute Gasteiger partial charge is 0.339 e. The third-order valence-electron chi connectivity index (χ3n) is 3.97. The van der Waals surface area contributed by atoms with Crippen molar-refractivity contribution in [1.82, 2.24) is 14.8 Å². The molecular formula is C19H20N4O3. The van der Waals surface area contributed by atoms with E-state index < -0.39 is 18.5 Å². The summed E-state index contributed by atoms with van der Waals surface area (Å²) in [6.07, 6.45) is 1.59. The second kappa shape index (κ2) is 6.95. The first-order valence-corrected chi connectivity index (χ1v) is 8.27. The van der Waals surface area contributed by atoms with E-state index in [2.05, 4.69) is 5.10 Å². The molecule has 0 saturated carbocycles. The molecule has 2 N–H and O–H groups in total. The number of nitrogens with zero attached hydrogens (tertiary/aromatic N) is 3. The van der Waals surface area contributed by atoms with Crippen LogP contribution in [0, 0.1) is 6.92 Å². The van der Waals surface area contributed by atoms with Gasteiger partial charge in [0.2, 0.25) is 0 Å². The number of rotatable bonds is 5. The van der Waals surface area contributed by atoms with Crippen LogP contribution in [0.5, 0.6) is 0 Å². The van der Waals surface area contributed by atoms with Crippen molar-refractivity contribution >= 4 is 22.9 Å². The summed E-state index contributed by atoms with van der Waals surface area (Å²) in [5.41, 5.74) is 8.59. The Labute approximate surface area is 150 Å². The Morgan fingerprint density at radius 3 is 2.54 bits per heavy atom. The van der Waals surface area contributed by atoms with Crippen molar-refractivity contribution in [2.75, 3.05) is 6.61 Å². The lowest BCUT2D eigenvalue weighted by Crippen LogP contribution is -2.21. The van der Waals surface area contributed by atoms with Crippen molar-refractivity contribution in [2.45, 2.75) is 26.8 Å². The molecule has 1 aromatic carbocycles. The van der Waals surface area contributed by atoms with Crippen molar-refractivity contribution < 1.29 is 14.3 Å². The molecule has 7 nitrogen and oxygen atoms in total. The van der Waals surface area contributed by atoms with Crippen LogP contribution in [-0.2, 0) is 9.53 Å². The maximum atomic E-state index is 12.5. The van der Waals surface area contributed by atoms with Gasteiger partial charge in [-0.1, -0.05) is 29.8 Å². The lowest BCUT2D eigenvalue weighted by Gasteiger charge is -2.10. The van der Waals surface area contributed by atoms with Gasteiger partial charge < -0.3 is 10.5 Å². The second-order valence-corrected chi connectivity index (χ2v) is 6.38. The van der Waals surface area contributed by atoms with Crippen LogP contribution in [-0.4, -0.2) is 33.2 Å². The first-order valence-electron chi connectivity index (χ1n) is 8.27. The first-order chi connectivity index (χ1) is 12.4. The van der Waals surface area contributed by atoms with Crippen molar-refractivity contribution in [3.8, 4) is 11.3 Å². The van der Waals surface area contributed by atoms with Crippen molar-refractivity contribution in [3.05, 3.63) is 47.7 Å². The van der Waals surface area contributed by atoms with Gasteiger partial charge in [-0.3, -0.25) is 4.79 Å². The molecule has 0 fully saturated rings. The molecule has 3 rings (SSSR count). The molecule has 0 atom stereocenters. The maximum Gasteiger partial charge on any atom is 0.339 e. The standard InChI is InChI=1S/C19H20N4O3/c1-11(2)23-18-15(9-21-23)14(19(25)26-10-17(20)24)8-16(22-18)13-6-4-12(3)5-7-13/h4-9,11H,10H2,1-3H3,(H2,20,24). The number of carbonyl (C=O) groups excluding carboxylic acids is 2. The molecule has 26 heavy (non-hydrogen) atoms. The number of primary amides is 1. The quantitative estimate of drug-likeness (QED) is 0.712. The van der Waals surface area contributed by atoms with Gasteiger partial charge in [0, 0.05) is 11.6 Å². The monoisotopic (exact) mass is 352 g/mol. The number of aryl methyl sites for hydroxylation is 1. The van der Waals surface area contributed by atoms with E-state index in [4.69, 9.17) is 15.5 Å². The number of esters is 1. The number of carbonyl (C=O) groups is 2. The number of pyridine rings is 1. The molecule has 0 saturated heterocycles. The summed E-state index contributed by atoms with van der Waals surface area (Å²) in [6, 6.07) is 9.57. The summed E-state index contributed by atoms with van der Waals surface area (Å²) in [5.74, 6) is -1.34. The summed E-state index contributed by atoms with van der Waals surface area (Å²) in [6.45, 7) is 5.50. The topological polar surface area (TPSA) is 100 Å². The number of fused-ring (bicyclic) bond motifs is 1. The van der Waals surface area contributed by atoms with Crippen LogP contribution in [0.25, 0.3) is 22.3 Å². The lowest BCUT2D eigenvalue weighted by molar-refractivity contribution is -0.121. The van der Waals surface area contributed by atoms with Crippen LogP contribution in [0.1, 0.15) is 35.8 Å². The Morgan fingerprint density at radius 1 is 1.23 bits per heavy atom. The van der Waals surface area contributed by atoms with E-state index in [0.717, 1.165) is 11.1 Å².